The zero-order valence-electron chi connectivity index (χ0n) is 13.7. The maximum atomic E-state index is 12.7. The summed E-state index contributed by atoms with van der Waals surface area (Å²) in [4.78, 5) is 38.4. The van der Waals surface area contributed by atoms with Crippen molar-refractivity contribution in [2.45, 2.75) is 59.9 Å². The number of hydrogen-bond acceptors (Lipinski definition) is 3. The second-order valence-corrected chi connectivity index (χ2v) is 7.41. The van der Waals surface area contributed by atoms with Crippen LogP contribution >= 0.6 is 0 Å². The van der Waals surface area contributed by atoms with Crippen molar-refractivity contribution < 1.29 is 14.4 Å². The molecule has 118 valence electrons. The molecule has 1 saturated carbocycles. The fraction of sp³-hybridized carbons (Fsp3) is 0.812. The molecule has 2 aliphatic rings. The lowest BCUT2D eigenvalue weighted by Crippen LogP contribution is -2.59. The van der Waals surface area contributed by atoms with Gasteiger partial charge in [0.2, 0.25) is 17.7 Å². The van der Waals surface area contributed by atoms with Crippen LogP contribution in [0.4, 0.5) is 0 Å². The van der Waals surface area contributed by atoms with Gasteiger partial charge in [0.05, 0.1) is 5.41 Å². The number of amides is 3. The molecule has 1 aliphatic carbocycles. The van der Waals surface area contributed by atoms with E-state index in [1.165, 1.54) is 4.90 Å². The van der Waals surface area contributed by atoms with Crippen LogP contribution in [0.3, 0.4) is 0 Å². The molecule has 1 heterocycles. The van der Waals surface area contributed by atoms with Crippen LogP contribution in [0.2, 0.25) is 0 Å². The summed E-state index contributed by atoms with van der Waals surface area (Å²) >= 11 is 0. The minimum Gasteiger partial charge on any atom is -0.354 e. The molecule has 2 bridgehead atoms. The van der Waals surface area contributed by atoms with Gasteiger partial charge in [-0.3, -0.25) is 19.3 Å². The van der Waals surface area contributed by atoms with Crippen molar-refractivity contribution in [1.29, 1.82) is 0 Å². The molecule has 2 unspecified atom stereocenters. The van der Waals surface area contributed by atoms with Crippen molar-refractivity contribution >= 4 is 17.7 Å². The van der Waals surface area contributed by atoms with E-state index in [4.69, 9.17) is 0 Å². The van der Waals surface area contributed by atoms with Gasteiger partial charge in [0, 0.05) is 24.9 Å². The first-order valence-corrected chi connectivity index (χ1v) is 7.76. The first-order valence-electron chi connectivity index (χ1n) is 7.76. The summed E-state index contributed by atoms with van der Waals surface area (Å²) in [5.74, 6) is -0.429. The molecule has 0 aromatic heterocycles. The Balaban J connectivity index is 2.11. The summed E-state index contributed by atoms with van der Waals surface area (Å²) in [5.41, 5.74) is -0.780. The van der Waals surface area contributed by atoms with Gasteiger partial charge in [-0.2, -0.15) is 0 Å². The first kappa shape index (κ1) is 16.0. The Morgan fingerprint density at radius 1 is 1.33 bits per heavy atom. The van der Waals surface area contributed by atoms with E-state index in [2.05, 4.69) is 5.32 Å². The lowest BCUT2D eigenvalue weighted by Gasteiger charge is -2.47. The highest BCUT2D eigenvalue weighted by Gasteiger charge is 2.64. The highest BCUT2D eigenvalue weighted by Crippen LogP contribution is 2.59. The maximum Gasteiger partial charge on any atom is 0.235 e. The number of nitrogens with one attached hydrogen (secondary N) is 1. The second kappa shape index (κ2) is 5.11. The zero-order valence-corrected chi connectivity index (χ0v) is 13.7. The van der Waals surface area contributed by atoms with Gasteiger partial charge in [-0.15, -0.1) is 0 Å². The Morgan fingerprint density at radius 3 is 2.52 bits per heavy atom. The summed E-state index contributed by atoms with van der Waals surface area (Å²) in [6.45, 7) is 9.96. The molecule has 2 atom stereocenters. The minimum atomic E-state index is -0.486. The molecule has 5 nitrogen and oxygen atoms in total. The molecular weight excluding hydrogens is 268 g/mol. The van der Waals surface area contributed by atoms with Crippen LogP contribution in [0.25, 0.3) is 0 Å². The van der Waals surface area contributed by atoms with Gasteiger partial charge in [-0.05, 0) is 32.1 Å². The molecule has 0 aromatic carbocycles. The Hall–Kier alpha value is -1.39. The number of fused-ring (bicyclic) bond motifs is 2. The molecule has 3 amide bonds. The summed E-state index contributed by atoms with van der Waals surface area (Å²) in [5, 5.41) is 2.79. The molecule has 1 aliphatic heterocycles. The van der Waals surface area contributed by atoms with Crippen LogP contribution in [0.15, 0.2) is 0 Å². The Kier molecular flexibility index (Phi) is 3.89. The van der Waals surface area contributed by atoms with Gasteiger partial charge >= 0.3 is 0 Å². The number of rotatable bonds is 4. The Morgan fingerprint density at radius 2 is 1.95 bits per heavy atom. The topological polar surface area (TPSA) is 66.5 Å². The third-order valence-corrected chi connectivity index (χ3v) is 5.52. The predicted octanol–water partition coefficient (Wildman–Crippen LogP) is 1.71. The molecule has 0 spiro atoms. The van der Waals surface area contributed by atoms with Crippen LogP contribution in [0.1, 0.15) is 53.9 Å². The summed E-state index contributed by atoms with van der Waals surface area (Å²) in [6, 6.07) is 0.0675. The van der Waals surface area contributed by atoms with E-state index in [0.29, 0.717) is 0 Å². The lowest BCUT2D eigenvalue weighted by molar-refractivity contribution is -0.167. The van der Waals surface area contributed by atoms with Gasteiger partial charge in [0.25, 0.3) is 0 Å². The molecule has 1 saturated heterocycles. The standard InChI is InChI=1S/C16H26N2O3/c1-10(2)17-12(19)7-9-18-13(20)11-6-8-16(5,14(18)21)15(11,3)4/h10-11H,6-9H2,1-5H3,(H,17,19). The van der Waals surface area contributed by atoms with E-state index >= 15 is 0 Å². The molecule has 21 heavy (non-hydrogen) atoms. The molecule has 0 radical (unpaired) electrons. The number of hydrogen-bond donors (Lipinski definition) is 1. The van der Waals surface area contributed by atoms with E-state index in [0.717, 1.165) is 12.8 Å². The highest BCUT2D eigenvalue weighted by atomic mass is 16.2. The third-order valence-electron chi connectivity index (χ3n) is 5.52. The molecule has 1 N–H and O–H groups in total. The summed E-state index contributed by atoms with van der Waals surface area (Å²) in [6.07, 6.45) is 1.70. The number of carbonyl (C=O) groups is 3. The fourth-order valence-corrected chi connectivity index (χ4v) is 3.72. The van der Waals surface area contributed by atoms with Crippen LogP contribution in [-0.4, -0.2) is 35.2 Å². The molecule has 2 rings (SSSR count). The van der Waals surface area contributed by atoms with Crippen molar-refractivity contribution in [2.75, 3.05) is 6.54 Å². The van der Waals surface area contributed by atoms with Gasteiger partial charge in [0.15, 0.2) is 0 Å². The molecule has 5 heteroatoms. The van der Waals surface area contributed by atoms with Crippen molar-refractivity contribution in [2.24, 2.45) is 16.7 Å². The number of imide groups is 1. The van der Waals surface area contributed by atoms with Gasteiger partial charge < -0.3 is 5.32 Å². The molecule has 0 aromatic rings. The van der Waals surface area contributed by atoms with E-state index in [9.17, 15) is 14.4 Å². The fourth-order valence-electron chi connectivity index (χ4n) is 3.72. The maximum absolute atomic E-state index is 12.7. The van der Waals surface area contributed by atoms with E-state index in [-0.39, 0.29) is 48.1 Å². The van der Waals surface area contributed by atoms with Crippen molar-refractivity contribution in [3.63, 3.8) is 0 Å². The predicted molar refractivity (Wildman–Crippen MR) is 79.2 cm³/mol. The van der Waals surface area contributed by atoms with E-state index in [1.807, 2.05) is 34.6 Å². The van der Waals surface area contributed by atoms with Crippen LogP contribution < -0.4 is 5.32 Å². The number of piperidine rings is 1. The Bertz CT molecular complexity index is 484. The zero-order chi connectivity index (χ0) is 16.0. The largest absolute Gasteiger partial charge is 0.354 e. The third kappa shape index (κ3) is 2.36. The van der Waals surface area contributed by atoms with Crippen LogP contribution in [-0.2, 0) is 14.4 Å². The van der Waals surface area contributed by atoms with Crippen LogP contribution in [0, 0.1) is 16.7 Å². The normalized spacial score (nSPS) is 31.0. The Labute approximate surface area is 126 Å². The van der Waals surface area contributed by atoms with Gasteiger partial charge in [-0.1, -0.05) is 20.8 Å². The summed E-state index contributed by atoms with van der Waals surface area (Å²) in [7, 11) is 0. The lowest BCUT2D eigenvalue weighted by atomic mass is 9.62. The smallest absolute Gasteiger partial charge is 0.235 e. The SMILES string of the molecule is CC(C)NC(=O)CCN1C(=O)C2CCC(C)(C1=O)C2(C)C. The van der Waals surface area contributed by atoms with E-state index in [1.54, 1.807) is 0 Å². The molecular formula is C16H26N2O3. The van der Waals surface area contributed by atoms with Gasteiger partial charge in [0.1, 0.15) is 0 Å². The average Bonchev–Trinajstić information content (AvgIpc) is 2.53. The quantitative estimate of drug-likeness (QED) is 0.803. The second-order valence-electron chi connectivity index (χ2n) is 7.41. The summed E-state index contributed by atoms with van der Waals surface area (Å²) < 4.78 is 0. The van der Waals surface area contributed by atoms with Crippen molar-refractivity contribution in [1.82, 2.24) is 10.2 Å². The molecule has 2 fully saturated rings. The highest BCUT2D eigenvalue weighted by molar-refractivity contribution is 6.04. The van der Waals surface area contributed by atoms with Gasteiger partial charge in [-0.25, -0.2) is 0 Å². The number of carbonyl (C=O) groups excluding carboxylic acids is 3. The minimum absolute atomic E-state index is 0.0675. The average molecular weight is 294 g/mol. The first-order chi connectivity index (χ1) is 9.61. The van der Waals surface area contributed by atoms with Crippen LogP contribution in [0.5, 0.6) is 0 Å². The number of nitrogens with zero attached hydrogens (tertiary/aromatic N) is 1. The monoisotopic (exact) mass is 294 g/mol. The van der Waals surface area contributed by atoms with Crippen molar-refractivity contribution in [3.8, 4) is 0 Å². The van der Waals surface area contributed by atoms with Crippen molar-refractivity contribution in [3.05, 3.63) is 0 Å². The number of likely N-dealkylation sites (tertiary alicyclic amines) is 1. The van der Waals surface area contributed by atoms with E-state index < -0.39 is 5.41 Å².